The molecule has 0 radical (unpaired) electrons. The SMILES string of the molecule is Cc1ccccc1CNC(=O)COc1cc(Cl)c(Cl)cc1Cl. The van der Waals surface area contributed by atoms with Crippen LogP contribution < -0.4 is 10.1 Å². The van der Waals surface area contributed by atoms with Crippen LogP contribution in [0.25, 0.3) is 0 Å². The molecule has 116 valence electrons. The van der Waals surface area contributed by atoms with Crippen LogP contribution in [0.2, 0.25) is 15.1 Å². The van der Waals surface area contributed by atoms with E-state index in [0.717, 1.165) is 11.1 Å². The van der Waals surface area contributed by atoms with E-state index in [-0.39, 0.29) is 12.5 Å². The predicted molar refractivity (Wildman–Crippen MR) is 90.0 cm³/mol. The summed E-state index contributed by atoms with van der Waals surface area (Å²) in [6, 6.07) is 10.8. The van der Waals surface area contributed by atoms with E-state index in [4.69, 9.17) is 39.5 Å². The standard InChI is InChI=1S/C16H14Cl3NO2/c1-10-4-2-3-5-11(10)8-20-16(21)9-22-15-7-13(18)12(17)6-14(15)19/h2-7H,8-9H2,1H3,(H,20,21). The third-order valence-corrected chi connectivity index (χ3v) is 4.09. The van der Waals surface area contributed by atoms with Crippen LogP contribution in [-0.4, -0.2) is 12.5 Å². The van der Waals surface area contributed by atoms with E-state index >= 15 is 0 Å². The number of ether oxygens (including phenoxy) is 1. The summed E-state index contributed by atoms with van der Waals surface area (Å²) in [5, 5.41) is 3.75. The first-order valence-corrected chi connectivity index (χ1v) is 7.69. The molecular weight excluding hydrogens is 345 g/mol. The highest BCUT2D eigenvalue weighted by Crippen LogP contribution is 2.33. The molecule has 0 unspecified atom stereocenters. The summed E-state index contributed by atoms with van der Waals surface area (Å²) in [4.78, 5) is 11.8. The summed E-state index contributed by atoms with van der Waals surface area (Å²) in [6.07, 6.45) is 0. The van der Waals surface area contributed by atoms with Crippen molar-refractivity contribution < 1.29 is 9.53 Å². The maximum Gasteiger partial charge on any atom is 0.258 e. The third kappa shape index (κ3) is 4.54. The number of hydrogen-bond acceptors (Lipinski definition) is 2. The van der Waals surface area contributed by atoms with Crippen molar-refractivity contribution in [2.45, 2.75) is 13.5 Å². The Morgan fingerprint density at radius 1 is 1.09 bits per heavy atom. The molecule has 3 nitrogen and oxygen atoms in total. The van der Waals surface area contributed by atoms with Crippen LogP contribution in [-0.2, 0) is 11.3 Å². The van der Waals surface area contributed by atoms with Crippen molar-refractivity contribution in [2.24, 2.45) is 0 Å². The van der Waals surface area contributed by atoms with Gasteiger partial charge in [0.05, 0.1) is 15.1 Å². The molecule has 0 aliphatic heterocycles. The van der Waals surface area contributed by atoms with Gasteiger partial charge in [0.15, 0.2) is 6.61 Å². The van der Waals surface area contributed by atoms with E-state index in [1.165, 1.54) is 12.1 Å². The van der Waals surface area contributed by atoms with Gasteiger partial charge in [-0.1, -0.05) is 59.1 Å². The Labute approximate surface area is 144 Å². The highest BCUT2D eigenvalue weighted by atomic mass is 35.5. The second-order valence-electron chi connectivity index (χ2n) is 4.69. The molecule has 22 heavy (non-hydrogen) atoms. The minimum atomic E-state index is -0.245. The monoisotopic (exact) mass is 357 g/mol. The Hall–Kier alpha value is -1.42. The van der Waals surface area contributed by atoms with E-state index in [1.807, 2.05) is 31.2 Å². The van der Waals surface area contributed by atoms with Crippen LogP contribution >= 0.6 is 34.8 Å². The van der Waals surface area contributed by atoms with Crippen molar-refractivity contribution in [1.29, 1.82) is 0 Å². The highest BCUT2D eigenvalue weighted by molar-refractivity contribution is 6.43. The summed E-state index contributed by atoms with van der Waals surface area (Å²) < 4.78 is 5.37. The summed E-state index contributed by atoms with van der Waals surface area (Å²) >= 11 is 17.7. The van der Waals surface area contributed by atoms with Gasteiger partial charge >= 0.3 is 0 Å². The first-order chi connectivity index (χ1) is 10.5. The number of nitrogens with one attached hydrogen (secondary N) is 1. The first-order valence-electron chi connectivity index (χ1n) is 6.56. The normalized spacial score (nSPS) is 10.4. The van der Waals surface area contributed by atoms with Gasteiger partial charge < -0.3 is 10.1 Å². The first kappa shape index (κ1) is 16.9. The molecule has 0 fully saturated rings. The fraction of sp³-hybridized carbons (Fsp3) is 0.188. The minimum absolute atomic E-state index is 0.149. The lowest BCUT2D eigenvalue weighted by molar-refractivity contribution is -0.123. The summed E-state index contributed by atoms with van der Waals surface area (Å²) in [5.74, 6) is 0.0764. The Morgan fingerprint density at radius 2 is 1.77 bits per heavy atom. The number of carbonyl (C=O) groups excluding carboxylic acids is 1. The molecule has 1 amide bonds. The van der Waals surface area contributed by atoms with Gasteiger partial charge in [0.2, 0.25) is 0 Å². The van der Waals surface area contributed by atoms with Gasteiger partial charge in [0.1, 0.15) is 5.75 Å². The van der Waals surface area contributed by atoms with Gasteiger partial charge in [0.25, 0.3) is 5.91 Å². The smallest absolute Gasteiger partial charge is 0.258 e. The molecule has 0 aromatic heterocycles. The lowest BCUT2D eigenvalue weighted by atomic mass is 10.1. The van der Waals surface area contributed by atoms with Crippen molar-refractivity contribution in [2.75, 3.05) is 6.61 Å². The summed E-state index contributed by atoms with van der Waals surface area (Å²) in [7, 11) is 0. The second-order valence-corrected chi connectivity index (χ2v) is 5.91. The van der Waals surface area contributed by atoms with Crippen LogP contribution in [0.1, 0.15) is 11.1 Å². The molecule has 0 spiro atoms. The lowest BCUT2D eigenvalue weighted by Gasteiger charge is -2.10. The van der Waals surface area contributed by atoms with Crippen LogP contribution in [0, 0.1) is 6.92 Å². The van der Waals surface area contributed by atoms with Gasteiger partial charge in [-0.05, 0) is 24.1 Å². The summed E-state index contributed by atoms with van der Waals surface area (Å²) in [5.41, 5.74) is 2.18. The van der Waals surface area contributed by atoms with E-state index in [1.54, 1.807) is 0 Å². The van der Waals surface area contributed by atoms with Gasteiger partial charge in [-0.3, -0.25) is 4.79 Å². The van der Waals surface area contributed by atoms with Crippen molar-refractivity contribution in [1.82, 2.24) is 5.32 Å². The highest BCUT2D eigenvalue weighted by Gasteiger charge is 2.09. The molecule has 0 heterocycles. The maximum atomic E-state index is 11.8. The van der Waals surface area contributed by atoms with Gasteiger partial charge in [-0.2, -0.15) is 0 Å². The van der Waals surface area contributed by atoms with Gasteiger partial charge in [-0.15, -0.1) is 0 Å². The van der Waals surface area contributed by atoms with Crippen molar-refractivity contribution >= 4 is 40.7 Å². The topological polar surface area (TPSA) is 38.3 Å². The number of hydrogen-bond donors (Lipinski definition) is 1. The summed E-state index contributed by atoms with van der Waals surface area (Å²) in [6.45, 7) is 2.29. The Morgan fingerprint density at radius 3 is 2.50 bits per heavy atom. The molecule has 2 aromatic rings. The zero-order valence-corrected chi connectivity index (χ0v) is 14.1. The number of amides is 1. The van der Waals surface area contributed by atoms with E-state index < -0.39 is 0 Å². The van der Waals surface area contributed by atoms with E-state index in [9.17, 15) is 4.79 Å². The van der Waals surface area contributed by atoms with E-state index in [2.05, 4.69) is 5.32 Å². The molecule has 0 saturated carbocycles. The van der Waals surface area contributed by atoms with Crippen LogP contribution in [0.3, 0.4) is 0 Å². The number of benzene rings is 2. The third-order valence-electron chi connectivity index (χ3n) is 3.07. The maximum absolute atomic E-state index is 11.8. The molecule has 6 heteroatoms. The van der Waals surface area contributed by atoms with E-state index in [0.29, 0.717) is 27.4 Å². The Kier molecular flexibility index (Phi) is 5.95. The minimum Gasteiger partial charge on any atom is -0.482 e. The molecule has 0 aliphatic carbocycles. The number of aryl methyl sites for hydroxylation is 1. The molecule has 0 atom stereocenters. The number of rotatable bonds is 5. The van der Waals surface area contributed by atoms with Gasteiger partial charge in [0, 0.05) is 12.6 Å². The second kappa shape index (κ2) is 7.73. The van der Waals surface area contributed by atoms with Crippen molar-refractivity contribution in [3.63, 3.8) is 0 Å². The molecule has 0 saturated heterocycles. The Balaban J connectivity index is 1.88. The largest absolute Gasteiger partial charge is 0.482 e. The van der Waals surface area contributed by atoms with Crippen LogP contribution in [0.4, 0.5) is 0 Å². The average molecular weight is 359 g/mol. The molecular formula is C16H14Cl3NO2. The number of halogens is 3. The molecule has 1 N–H and O–H groups in total. The zero-order valence-electron chi connectivity index (χ0n) is 11.8. The fourth-order valence-corrected chi connectivity index (χ4v) is 2.40. The quantitative estimate of drug-likeness (QED) is 0.790. The molecule has 2 rings (SSSR count). The van der Waals surface area contributed by atoms with Crippen LogP contribution in [0.5, 0.6) is 5.75 Å². The van der Waals surface area contributed by atoms with Crippen LogP contribution in [0.15, 0.2) is 36.4 Å². The average Bonchev–Trinajstić information content (AvgIpc) is 2.49. The zero-order chi connectivity index (χ0) is 16.1. The molecule has 0 bridgehead atoms. The molecule has 2 aromatic carbocycles. The Bertz CT molecular complexity index is 689. The van der Waals surface area contributed by atoms with Crippen molar-refractivity contribution in [3.8, 4) is 5.75 Å². The number of carbonyl (C=O) groups is 1. The van der Waals surface area contributed by atoms with Gasteiger partial charge in [-0.25, -0.2) is 0 Å². The van der Waals surface area contributed by atoms with Crippen molar-refractivity contribution in [3.05, 3.63) is 62.6 Å². The molecule has 0 aliphatic rings. The fourth-order valence-electron chi connectivity index (χ4n) is 1.81. The predicted octanol–water partition coefficient (Wildman–Crippen LogP) is 4.65. The lowest BCUT2D eigenvalue weighted by Crippen LogP contribution is -2.28.